The van der Waals surface area contributed by atoms with Gasteiger partial charge in [-0.2, -0.15) is 0 Å². The van der Waals surface area contributed by atoms with E-state index >= 15 is 0 Å². The van der Waals surface area contributed by atoms with Gasteiger partial charge < -0.3 is 4.74 Å². The lowest BCUT2D eigenvalue weighted by atomic mass is 9.82. The van der Waals surface area contributed by atoms with Crippen LogP contribution in [0.3, 0.4) is 0 Å². The van der Waals surface area contributed by atoms with Crippen molar-refractivity contribution in [1.82, 2.24) is 9.97 Å². The van der Waals surface area contributed by atoms with Crippen molar-refractivity contribution in [2.24, 2.45) is 0 Å². The molecule has 0 amide bonds. The maximum absolute atomic E-state index is 11.9. The minimum Gasteiger partial charge on any atom is -0.459 e. The van der Waals surface area contributed by atoms with Crippen LogP contribution in [0.15, 0.2) is 48.8 Å². The Balaban J connectivity index is 1.49. The Hall–Kier alpha value is -2.49. The Kier molecular flexibility index (Phi) is 9.26. The van der Waals surface area contributed by atoms with Gasteiger partial charge in [-0.1, -0.05) is 63.5 Å². The second-order valence-corrected chi connectivity index (χ2v) is 8.60. The standard InChI is InChI=1S/C27H36N2O2/c1-3-5-7-9-21-19-28-27(29-20-21)24-13-11-22(12-14-24)23-15-17-25(18-16-23)31-26(30)10-8-6-4-2/h8,10-14,19-20,23,25H,3-7,9,15-18H2,1-2H3. The minimum absolute atomic E-state index is 0.0542. The SMILES string of the molecule is CCCC=CC(=O)OC1CCC(c2ccc(-c3ncc(CCCCC)cn3)cc2)CC1. The summed E-state index contributed by atoms with van der Waals surface area (Å²) in [6.45, 7) is 4.32. The first-order valence-electron chi connectivity index (χ1n) is 12.0. The summed E-state index contributed by atoms with van der Waals surface area (Å²) in [6, 6.07) is 8.68. The van der Waals surface area contributed by atoms with Crippen LogP contribution in [-0.4, -0.2) is 22.0 Å². The van der Waals surface area contributed by atoms with Gasteiger partial charge in [0, 0.05) is 24.0 Å². The van der Waals surface area contributed by atoms with E-state index in [1.165, 1.54) is 30.4 Å². The van der Waals surface area contributed by atoms with E-state index in [1.54, 1.807) is 6.08 Å². The summed E-state index contributed by atoms with van der Waals surface area (Å²) in [6.07, 6.45) is 18.1. The summed E-state index contributed by atoms with van der Waals surface area (Å²) in [4.78, 5) is 21.0. The molecule has 0 aliphatic heterocycles. The number of allylic oxidation sites excluding steroid dienone is 1. The van der Waals surface area contributed by atoms with Crippen molar-refractivity contribution in [3.05, 3.63) is 59.9 Å². The summed E-state index contributed by atoms with van der Waals surface area (Å²) >= 11 is 0. The highest BCUT2D eigenvalue weighted by molar-refractivity contribution is 5.82. The van der Waals surface area contributed by atoms with Crippen molar-refractivity contribution < 1.29 is 9.53 Å². The molecular formula is C27H36N2O2. The van der Waals surface area contributed by atoms with Gasteiger partial charge in [-0.05, 0) is 62.0 Å². The van der Waals surface area contributed by atoms with Crippen LogP contribution in [0.25, 0.3) is 11.4 Å². The molecule has 0 N–H and O–H groups in total. The highest BCUT2D eigenvalue weighted by Gasteiger charge is 2.24. The summed E-state index contributed by atoms with van der Waals surface area (Å²) in [5.41, 5.74) is 3.63. The second-order valence-electron chi connectivity index (χ2n) is 8.60. The van der Waals surface area contributed by atoms with Gasteiger partial charge in [0.1, 0.15) is 6.10 Å². The summed E-state index contributed by atoms with van der Waals surface area (Å²) in [7, 11) is 0. The number of carbonyl (C=O) groups excluding carboxylic acids is 1. The lowest BCUT2D eigenvalue weighted by molar-refractivity contribution is -0.144. The van der Waals surface area contributed by atoms with Crippen LogP contribution in [-0.2, 0) is 16.0 Å². The molecule has 0 bridgehead atoms. The molecule has 3 rings (SSSR count). The van der Waals surface area contributed by atoms with Gasteiger partial charge in [-0.25, -0.2) is 14.8 Å². The predicted octanol–water partition coefficient (Wildman–Crippen LogP) is 6.80. The molecule has 4 nitrogen and oxygen atoms in total. The largest absolute Gasteiger partial charge is 0.459 e. The average molecular weight is 421 g/mol. The normalized spacial score (nSPS) is 18.9. The number of rotatable bonds is 10. The Labute approximate surface area is 187 Å². The van der Waals surface area contributed by atoms with Gasteiger partial charge in [-0.15, -0.1) is 0 Å². The summed E-state index contributed by atoms with van der Waals surface area (Å²) < 4.78 is 5.60. The Morgan fingerprint density at radius 1 is 1.00 bits per heavy atom. The zero-order valence-corrected chi connectivity index (χ0v) is 19.1. The third kappa shape index (κ3) is 7.30. The third-order valence-corrected chi connectivity index (χ3v) is 6.08. The molecular weight excluding hydrogens is 384 g/mol. The molecule has 0 saturated heterocycles. The molecule has 1 aliphatic rings. The monoisotopic (exact) mass is 420 g/mol. The fourth-order valence-corrected chi connectivity index (χ4v) is 4.18. The lowest BCUT2D eigenvalue weighted by Gasteiger charge is -2.28. The highest BCUT2D eigenvalue weighted by Crippen LogP contribution is 2.34. The predicted molar refractivity (Wildman–Crippen MR) is 126 cm³/mol. The number of esters is 1. The molecule has 0 spiro atoms. The molecule has 4 heteroatoms. The van der Waals surface area contributed by atoms with Gasteiger partial charge in [0.05, 0.1) is 0 Å². The van der Waals surface area contributed by atoms with Crippen LogP contribution < -0.4 is 0 Å². The Morgan fingerprint density at radius 3 is 2.35 bits per heavy atom. The van der Waals surface area contributed by atoms with Crippen molar-refractivity contribution >= 4 is 5.97 Å². The van der Waals surface area contributed by atoms with E-state index in [4.69, 9.17) is 4.74 Å². The van der Waals surface area contributed by atoms with Crippen LogP contribution in [0.1, 0.15) is 88.7 Å². The number of benzene rings is 1. The Bertz CT molecular complexity index is 819. The quantitative estimate of drug-likeness (QED) is 0.241. The van der Waals surface area contributed by atoms with Gasteiger partial charge >= 0.3 is 5.97 Å². The van der Waals surface area contributed by atoms with Gasteiger partial charge in [-0.3, -0.25) is 0 Å². The third-order valence-electron chi connectivity index (χ3n) is 6.08. The van der Waals surface area contributed by atoms with Gasteiger partial charge in [0.15, 0.2) is 5.82 Å². The number of aromatic nitrogens is 2. The molecule has 1 aromatic carbocycles. The Morgan fingerprint density at radius 2 is 1.71 bits per heavy atom. The van der Waals surface area contributed by atoms with Crippen LogP contribution in [0.5, 0.6) is 0 Å². The molecule has 1 fully saturated rings. The van der Waals surface area contributed by atoms with Gasteiger partial charge in [0.2, 0.25) is 0 Å². The number of unbranched alkanes of at least 4 members (excludes halogenated alkanes) is 3. The van der Waals surface area contributed by atoms with Crippen LogP contribution in [0.2, 0.25) is 0 Å². The van der Waals surface area contributed by atoms with Crippen molar-refractivity contribution in [2.45, 2.75) is 90.1 Å². The maximum Gasteiger partial charge on any atom is 0.330 e. The minimum atomic E-state index is -0.197. The first kappa shape index (κ1) is 23.2. The van der Waals surface area contributed by atoms with Crippen LogP contribution in [0.4, 0.5) is 0 Å². The zero-order chi connectivity index (χ0) is 21.9. The summed E-state index contributed by atoms with van der Waals surface area (Å²) in [5, 5.41) is 0. The highest BCUT2D eigenvalue weighted by atomic mass is 16.5. The first-order chi connectivity index (χ1) is 15.2. The van der Waals surface area contributed by atoms with E-state index in [0.717, 1.165) is 56.3 Å². The molecule has 1 aromatic heterocycles. The van der Waals surface area contributed by atoms with Crippen molar-refractivity contribution in [1.29, 1.82) is 0 Å². The van der Waals surface area contributed by atoms with E-state index in [1.807, 2.05) is 18.5 Å². The smallest absolute Gasteiger partial charge is 0.330 e. The number of nitrogens with zero attached hydrogens (tertiary/aromatic N) is 2. The van der Waals surface area contributed by atoms with Crippen molar-refractivity contribution in [2.75, 3.05) is 0 Å². The number of ether oxygens (including phenoxy) is 1. The lowest BCUT2D eigenvalue weighted by Crippen LogP contribution is -2.23. The van der Waals surface area contributed by atoms with E-state index in [2.05, 4.69) is 48.1 Å². The summed E-state index contributed by atoms with van der Waals surface area (Å²) in [5.74, 6) is 1.12. The molecule has 1 aliphatic carbocycles. The van der Waals surface area contributed by atoms with E-state index in [-0.39, 0.29) is 12.1 Å². The number of aryl methyl sites for hydroxylation is 1. The van der Waals surface area contributed by atoms with E-state index in [0.29, 0.717) is 5.92 Å². The van der Waals surface area contributed by atoms with Crippen LogP contribution in [0, 0.1) is 0 Å². The van der Waals surface area contributed by atoms with Crippen molar-refractivity contribution in [3.8, 4) is 11.4 Å². The molecule has 31 heavy (non-hydrogen) atoms. The fraction of sp³-hybridized carbons (Fsp3) is 0.519. The zero-order valence-electron chi connectivity index (χ0n) is 19.1. The molecule has 1 saturated carbocycles. The molecule has 0 unspecified atom stereocenters. The average Bonchev–Trinajstić information content (AvgIpc) is 2.81. The van der Waals surface area contributed by atoms with Crippen LogP contribution >= 0.6 is 0 Å². The van der Waals surface area contributed by atoms with E-state index < -0.39 is 0 Å². The topological polar surface area (TPSA) is 52.1 Å². The number of hydrogen-bond donors (Lipinski definition) is 0. The maximum atomic E-state index is 11.9. The molecule has 2 aromatic rings. The molecule has 1 heterocycles. The molecule has 0 radical (unpaired) electrons. The molecule has 166 valence electrons. The first-order valence-corrected chi connectivity index (χ1v) is 12.0. The van der Waals surface area contributed by atoms with Crippen molar-refractivity contribution in [3.63, 3.8) is 0 Å². The second kappa shape index (κ2) is 12.4. The number of hydrogen-bond acceptors (Lipinski definition) is 4. The fourth-order valence-electron chi connectivity index (χ4n) is 4.18. The number of carbonyl (C=O) groups is 1. The van der Waals surface area contributed by atoms with Gasteiger partial charge in [0.25, 0.3) is 0 Å². The molecule has 0 atom stereocenters. The van der Waals surface area contributed by atoms with E-state index in [9.17, 15) is 4.79 Å².